The van der Waals surface area contributed by atoms with Crippen LogP contribution in [0.2, 0.25) is 0 Å². The van der Waals surface area contributed by atoms with E-state index in [-0.39, 0.29) is 23.1 Å². The zero-order valence-corrected chi connectivity index (χ0v) is 17.3. The van der Waals surface area contributed by atoms with Gasteiger partial charge in [0.15, 0.2) is 6.10 Å². The summed E-state index contributed by atoms with van der Waals surface area (Å²) in [5, 5.41) is 5.25. The van der Waals surface area contributed by atoms with Crippen molar-refractivity contribution >= 4 is 33.3 Å². The number of likely N-dealkylation sites (N-methyl/N-ethyl adjacent to an activating group) is 1. The topological polar surface area (TPSA) is 118 Å². The largest absolute Gasteiger partial charge is 0.479 e. The molecule has 0 saturated carbocycles. The molecule has 2 N–H and O–H groups in total. The first-order chi connectivity index (χ1) is 13.6. The molecular weight excluding hydrogens is 396 g/mol. The van der Waals surface area contributed by atoms with E-state index in [4.69, 9.17) is 4.74 Å². The zero-order chi connectivity index (χ0) is 21.3. The van der Waals surface area contributed by atoms with E-state index in [9.17, 15) is 18.0 Å². The number of benzene rings is 1. The van der Waals surface area contributed by atoms with Crippen molar-refractivity contribution in [1.29, 1.82) is 0 Å². The molecule has 0 bridgehead atoms. The lowest BCUT2D eigenvalue weighted by Gasteiger charge is -2.25. The lowest BCUT2D eigenvalue weighted by atomic mass is 10.1. The van der Waals surface area contributed by atoms with E-state index >= 15 is 0 Å². The summed E-state index contributed by atoms with van der Waals surface area (Å²) in [4.78, 5) is 28.1. The van der Waals surface area contributed by atoms with E-state index in [1.165, 1.54) is 19.2 Å². The molecule has 9 nitrogen and oxygen atoms in total. The fraction of sp³-hybridized carbons (Fsp3) is 0.316. The second-order valence-electron chi connectivity index (χ2n) is 6.89. The maximum Gasteiger partial charge on any atom is 0.265 e. The highest BCUT2D eigenvalue weighted by Gasteiger charge is 2.30. The number of sulfonamides is 1. The molecule has 0 spiro atoms. The first-order valence-corrected chi connectivity index (χ1v) is 10.3. The van der Waals surface area contributed by atoms with Crippen LogP contribution in [0.25, 0.3) is 0 Å². The summed E-state index contributed by atoms with van der Waals surface area (Å²) in [6, 6.07) is 6.34. The third kappa shape index (κ3) is 4.38. The van der Waals surface area contributed by atoms with Gasteiger partial charge < -0.3 is 15.4 Å². The van der Waals surface area contributed by atoms with Gasteiger partial charge in [-0.25, -0.2) is 13.4 Å². The zero-order valence-electron chi connectivity index (χ0n) is 16.5. The van der Waals surface area contributed by atoms with Gasteiger partial charge in [0.05, 0.1) is 17.1 Å². The predicted octanol–water partition coefficient (Wildman–Crippen LogP) is 1.68. The number of hydrogen-bond donors (Lipinski definition) is 2. The van der Waals surface area contributed by atoms with Gasteiger partial charge in [0.25, 0.3) is 5.91 Å². The number of hydrogen-bond acceptors (Lipinski definition) is 6. The maximum absolute atomic E-state index is 13.0. The molecule has 1 atom stereocenters. The number of rotatable bonds is 5. The Morgan fingerprint density at radius 1 is 1.31 bits per heavy atom. The molecule has 1 aromatic carbocycles. The molecule has 1 aliphatic heterocycles. The third-order valence-electron chi connectivity index (χ3n) is 4.44. The number of carbonyl (C=O) groups is 2. The van der Waals surface area contributed by atoms with Gasteiger partial charge in [-0.2, -0.15) is 4.31 Å². The van der Waals surface area contributed by atoms with Gasteiger partial charge in [0.2, 0.25) is 15.9 Å². The van der Waals surface area contributed by atoms with Gasteiger partial charge in [0, 0.05) is 19.3 Å². The molecule has 3 rings (SSSR count). The number of fused-ring (bicyclic) bond motifs is 1. The number of nitrogens with one attached hydrogen (secondary N) is 2. The molecule has 1 unspecified atom stereocenters. The highest BCUT2D eigenvalue weighted by Crippen LogP contribution is 2.35. The summed E-state index contributed by atoms with van der Waals surface area (Å²) in [5.41, 5.74) is 1.78. The van der Waals surface area contributed by atoms with Crippen LogP contribution in [0.1, 0.15) is 18.1 Å². The number of ether oxygens (including phenoxy) is 1. The first-order valence-electron chi connectivity index (χ1n) is 8.89. The van der Waals surface area contributed by atoms with Crippen LogP contribution in [0.15, 0.2) is 35.4 Å². The van der Waals surface area contributed by atoms with E-state index < -0.39 is 22.0 Å². The number of amides is 2. The minimum atomic E-state index is -3.97. The van der Waals surface area contributed by atoms with Crippen molar-refractivity contribution in [3.8, 4) is 5.75 Å². The van der Waals surface area contributed by atoms with E-state index in [2.05, 4.69) is 15.6 Å². The Morgan fingerprint density at radius 2 is 2.03 bits per heavy atom. The van der Waals surface area contributed by atoms with Crippen molar-refractivity contribution in [1.82, 2.24) is 9.29 Å². The fourth-order valence-electron chi connectivity index (χ4n) is 2.80. The van der Waals surface area contributed by atoms with E-state index in [0.717, 1.165) is 9.87 Å². The van der Waals surface area contributed by atoms with Crippen molar-refractivity contribution in [2.24, 2.45) is 0 Å². The quantitative estimate of drug-likeness (QED) is 0.763. The van der Waals surface area contributed by atoms with Gasteiger partial charge in [-0.1, -0.05) is 6.07 Å². The highest BCUT2D eigenvalue weighted by atomic mass is 32.2. The van der Waals surface area contributed by atoms with Crippen LogP contribution >= 0.6 is 0 Å². The Bertz CT molecular complexity index is 1070. The number of pyridine rings is 1. The van der Waals surface area contributed by atoms with Crippen molar-refractivity contribution in [2.75, 3.05) is 24.2 Å². The molecule has 0 fully saturated rings. The second-order valence-corrected chi connectivity index (χ2v) is 8.91. The predicted molar refractivity (Wildman–Crippen MR) is 107 cm³/mol. The lowest BCUT2D eigenvalue weighted by Crippen LogP contribution is -2.36. The van der Waals surface area contributed by atoms with Crippen molar-refractivity contribution in [3.05, 3.63) is 41.6 Å². The standard InChI is InChI=1S/C19H22N4O5S/c1-11-5-6-17(20-9-11)22-18(24)10-23(4)29(26,27)16-8-15-14(7-12(16)2)21-19(25)13(3)28-15/h5-9,13H,10H2,1-4H3,(H,21,25)(H,20,22,24). The van der Waals surface area contributed by atoms with E-state index in [0.29, 0.717) is 17.1 Å². The summed E-state index contributed by atoms with van der Waals surface area (Å²) in [6.45, 7) is 4.67. The van der Waals surface area contributed by atoms with Gasteiger partial charge in [0.1, 0.15) is 11.6 Å². The van der Waals surface area contributed by atoms with Crippen molar-refractivity contribution < 1.29 is 22.7 Å². The molecule has 154 valence electrons. The lowest BCUT2D eigenvalue weighted by molar-refractivity contribution is -0.122. The summed E-state index contributed by atoms with van der Waals surface area (Å²) in [6.07, 6.45) is 0.873. The second kappa shape index (κ2) is 7.80. The molecule has 1 aromatic heterocycles. The smallest absolute Gasteiger partial charge is 0.265 e. The van der Waals surface area contributed by atoms with Gasteiger partial charge in [-0.3, -0.25) is 9.59 Å². The molecule has 2 amide bonds. The number of aryl methyl sites for hydroxylation is 2. The molecule has 0 aliphatic carbocycles. The normalized spacial score (nSPS) is 16.0. The third-order valence-corrected chi connectivity index (χ3v) is 6.39. The maximum atomic E-state index is 13.0. The molecule has 29 heavy (non-hydrogen) atoms. The number of nitrogens with zero attached hydrogens (tertiary/aromatic N) is 2. The number of aromatic nitrogens is 1. The van der Waals surface area contributed by atoms with Crippen LogP contribution in [0.4, 0.5) is 11.5 Å². The van der Waals surface area contributed by atoms with Gasteiger partial charge >= 0.3 is 0 Å². The van der Waals surface area contributed by atoms with Crippen LogP contribution < -0.4 is 15.4 Å². The van der Waals surface area contributed by atoms with Crippen molar-refractivity contribution in [2.45, 2.75) is 31.8 Å². The average Bonchev–Trinajstić information content (AvgIpc) is 2.64. The molecule has 0 radical (unpaired) electrons. The van der Waals surface area contributed by atoms with E-state index in [1.807, 2.05) is 6.92 Å². The Morgan fingerprint density at radius 3 is 2.69 bits per heavy atom. The Kier molecular flexibility index (Phi) is 5.58. The van der Waals surface area contributed by atoms with Crippen LogP contribution in [-0.4, -0.2) is 49.2 Å². The van der Waals surface area contributed by atoms with Crippen LogP contribution in [0, 0.1) is 13.8 Å². The van der Waals surface area contributed by atoms with Crippen LogP contribution in [-0.2, 0) is 19.6 Å². The Labute approximate surface area is 169 Å². The summed E-state index contributed by atoms with van der Waals surface area (Å²) in [5.74, 6) is -0.205. The highest BCUT2D eigenvalue weighted by molar-refractivity contribution is 7.89. The average molecular weight is 418 g/mol. The Hall–Kier alpha value is -2.98. The minimum Gasteiger partial charge on any atom is -0.479 e. The van der Waals surface area contributed by atoms with Crippen LogP contribution in [0.5, 0.6) is 5.75 Å². The Balaban J connectivity index is 1.79. The molecule has 2 heterocycles. The van der Waals surface area contributed by atoms with Crippen LogP contribution in [0.3, 0.4) is 0 Å². The summed E-state index contributed by atoms with van der Waals surface area (Å²) >= 11 is 0. The van der Waals surface area contributed by atoms with Crippen molar-refractivity contribution in [3.63, 3.8) is 0 Å². The molecule has 10 heteroatoms. The first kappa shape index (κ1) is 20.7. The molecule has 0 saturated heterocycles. The summed E-state index contributed by atoms with van der Waals surface area (Å²) in [7, 11) is -2.65. The fourth-order valence-corrected chi connectivity index (χ4v) is 4.14. The molecular formula is C19H22N4O5S. The minimum absolute atomic E-state index is 0.00311. The number of anilines is 2. The SMILES string of the molecule is Cc1ccc(NC(=O)CN(C)S(=O)(=O)c2cc3c(cc2C)NC(=O)C(C)O3)nc1. The molecule has 2 aromatic rings. The molecule has 1 aliphatic rings. The monoisotopic (exact) mass is 418 g/mol. The van der Waals surface area contributed by atoms with Gasteiger partial charge in [-0.05, 0) is 44.0 Å². The number of carbonyl (C=O) groups excluding carboxylic acids is 2. The summed E-state index contributed by atoms with van der Waals surface area (Å²) < 4.78 is 32.5. The van der Waals surface area contributed by atoms with E-state index in [1.54, 1.807) is 32.2 Å². The van der Waals surface area contributed by atoms with Gasteiger partial charge in [-0.15, -0.1) is 0 Å².